The summed E-state index contributed by atoms with van der Waals surface area (Å²) in [6.45, 7) is 3.09. The highest BCUT2D eigenvalue weighted by Crippen LogP contribution is 2.31. The van der Waals surface area contributed by atoms with Crippen LogP contribution < -0.4 is 9.47 Å². The first-order valence-corrected chi connectivity index (χ1v) is 16.6. The molecule has 0 aliphatic heterocycles. The van der Waals surface area contributed by atoms with Gasteiger partial charge in [0, 0.05) is 13.1 Å². The molecule has 0 spiro atoms. The van der Waals surface area contributed by atoms with Crippen LogP contribution in [-0.4, -0.2) is 55.7 Å². The highest BCUT2D eigenvalue weighted by atomic mass is 16.5. The van der Waals surface area contributed by atoms with Gasteiger partial charge in [-0.1, -0.05) is 127 Å². The van der Waals surface area contributed by atoms with E-state index in [2.05, 4.69) is 50.3 Å². The molecule has 0 amide bonds. The molecule has 0 saturated heterocycles. The van der Waals surface area contributed by atoms with Crippen LogP contribution in [0.2, 0.25) is 0 Å². The second-order valence-electron chi connectivity index (χ2n) is 13.1. The third kappa shape index (κ3) is 11.1. The molecule has 48 heavy (non-hydrogen) atoms. The van der Waals surface area contributed by atoms with E-state index in [1.54, 1.807) is 0 Å². The van der Waals surface area contributed by atoms with E-state index in [9.17, 15) is 4.79 Å². The van der Waals surface area contributed by atoms with Gasteiger partial charge in [-0.25, -0.2) is 0 Å². The lowest BCUT2D eigenvalue weighted by Crippen LogP contribution is -2.44. The normalized spacial score (nSPS) is 12.0. The number of hydrogen-bond donors (Lipinski definition) is 0. The molecule has 5 aromatic carbocycles. The zero-order chi connectivity index (χ0) is 33.6. The minimum atomic E-state index is -0.532. The second-order valence-corrected chi connectivity index (χ2v) is 13.1. The van der Waals surface area contributed by atoms with E-state index in [1.165, 1.54) is 0 Å². The van der Waals surface area contributed by atoms with Crippen LogP contribution in [0, 0.1) is 0 Å². The Labute approximate surface area is 285 Å². The van der Waals surface area contributed by atoms with Gasteiger partial charge >= 0.3 is 5.97 Å². The smallest absolute Gasteiger partial charge is 0.323 e. The van der Waals surface area contributed by atoms with Crippen molar-refractivity contribution in [2.75, 3.05) is 34.3 Å². The number of ether oxygens (including phenoxy) is 3. The van der Waals surface area contributed by atoms with Crippen molar-refractivity contribution in [3.05, 3.63) is 167 Å². The predicted molar refractivity (Wildman–Crippen MR) is 191 cm³/mol. The molecule has 0 aliphatic carbocycles. The molecule has 0 heterocycles. The van der Waals surface area contributed by atoms with E-state index in [0.717, 1.165) is 34.4 Å². The van der Waals surface area contributed by atoms with Crippen molar-refractivity contribution in [2.24, 2.45) is 0 Å². The minimum absolute atomic E-state index is 0.230. The van der Waals surface area contributed by atoms with Crippen LogP contribution in [0.1, 0.15) is 27.8 Å². The van der Waals surface area contributed by atoms with Crippen molar-refractivity contribution in [1.29, 1.82) is 0 Å². The molecule has 6 heteroatoms. The summed E-state index contributed by atoms with van der Waals surface area (Å²) in [6.07, 6.45) is 0.448. The van der Waals surface area contributed by atoms with Gasteiger partial charge in [0.2, 0.25) is 0 Å². The monoisotopic (exact) mass is 643 g/mol. The Morgan fingerprint density at radius 3 is 1.52 bits per heavy atom. The van der Waals surface area contributed by atoms with E-state index >= 15 is 0 Å². The SMILES string of the molecule is C[N+](C)(C)CCOC(=O)[C@H](Cc1ccc(OCc2ccccc2)c(OCc2ccccc2)c1)N(Cc1ccccc1)Cc1ccccc1. The van der Waals surface area contributed by atoms with Crippen LogP contribution >= 0.6 is 0 Å². The predicted octanol–water partition coefficient (Wildman–Crippen LogP) is 7.71. The summed E-state index contributed by atoms with van der Waals surface area (Å²) < 4.78 is 19.4. The summed E-state index contributed by atoms with van der Waals surface area (Å²) in [5.41, 5.74) is 5.37. The quantitative estimate of drug-likeness (QED) is 0.0768. The molecular formula is C42H47N2O4+. The summed E-state index contributed by atoms with van der Waals surface area (Å²) in [4.78, 5) is 16.3. The summed E-state index contributed by atoms with van der Waals surface area (Å²) >= 11 is 0. The Kier molecular flexibility index (Phi) is 12.4. The van der Waals surface area contributed by atoms with Gasteiger partial charge in [-0.05, 0) is 46.4 Å². The first-order chi connectivity index (χ1) is 23.3. The third-order valence-corrected chi connectivity index (χ3v) is 8.09. The Morgan fingerprint density at radius 2 is 1.04 bits per heavy atom. The van der Waals surface area contributed by atoms with Crippen molar-refractivity contribution in [3.8, 4) is 11.5 Å². The van der Waals surface area contributed by atoms with Gasteiger partial charge in [0.1, 0.15) is 32.4 Å². The van der Waals surface area contributed by atoms with Gasteiger partial charge in [-0.15, -0.1) is 0 Å². The number of esters is 1. The fourth-order valence-corrected chi connectivity index (χ4v) is 5.40. The third-order valence-electron chi connectivity index (χ3n) is 8.09. The number of carbonyl (C=O) groups excluding carboxylic acids is 1. The second kappa shape index (κ2) is 17.3. The van der Waals surface area contributed by atoms with Crippen molar-refractivity contribution in [1.82, 2.24) is 4.90 Å². The van der Waals surface area contributed by atoms with Crippen LogP contribution in [0.4, 0.5) is 0 Å². The molecule has 1 atom stereocenters. The van der Waals surface area contributed by atoms with Gasteiger partial charge < -0.3 is 18.7 Å². The molecule has 5 aromatic rings. The maximum Gasteiger partial charge on any atom is 0.323 e. The zero-order valence-corrected chi connectivity index (χ0v) is 28.3. The summed E-state index contributed by atoms with van der Waals surface area (Å²) in [5, 5.41) is 0. The lowest BCUT2D eigenvalue weighted by molar-refractivity contribution is -0.870. The van der Waals surface area contributed by atoms with Crippen LogP contribution in [0.5, 0.6) is 11.5 Å². The molecule has 0 radical (unpaired) electrons. The van der Waals surface area contributed by atoms with Crippen molar-refractivity contribution in [2.45, 2.75) is 38.8 Å². The lowest BCUT2D eigenvalue weighted by Gasteiger charge is -2.31. The van der Waals surface area contributed by atoms with E-state index in [1.807, 2.05) is 115 Å². The summed E-state index contributed by atoms with van der Waals surface area (Å²) in [6, 6.07) is 46.2. The number of hydrogen-bond acceptors (Lipinski definition) is 5. The number of rotatable bonds is 17. The Hall–Kier alpha value is -4.91. The standard InChI is InChI=1S/C42H47N2O4/c1-44(2,3)26-27-46-42(45)39(43(30-34-16-8-4-9-17-34)31-35-18-10-5-11-19-35)28-38-24-25-40(47-32-36-20-12-6-13-21-36)41(29-38)48-33-37-22-14-7-15-23-37/h4-25,29,39H,26-28,30-33H2,1-3H3/q+1/t39-/m0/s1. The molecule has 0 unspecified atom stereocenters. The fraction of sp³-hybridized carbons (Fsp3) is 0.262. The molecule has 248 valence electrons. The molecular weight excluding hydrogens is 596 g/mol. The molecule has 0 fully saturated rings. The average molecular weight is 644 g/mol. The molecule has 0 bridgehead atoms. The first-order valence-electron chi connectivity index (χ1n) is 16.6. The molecule has 0 N–H and O–H groups in total. The summed E-state index contributed by atoms with van der Waals surface area (Å²) in [7, 11) is 6.29. The molecule has 0 aliphatic rings. The first kappa shape index (κ1) is 34.4. The number of quaternary nitrogens is 1. The minimum Gasteiger partial charge on any atom is -0.485 e. The van der Waals surface area contributed by atoms with Crippen molar-refractivity contribution >= 4 is 5.97 Å². The summed E-state index contributed by atoms with van der Waals surface area (Å²) in [5.74, 6) is 1.07. The van der Waals surface area contributed by atoms with Crippen molar-refractivity contribution in [3.63, 3.8) is 0 Å². The lowest BCUT2D eigenvalue weighted by atomic mass is 10.0. The topological polar surface area (TPSA) is 48.0 Å². The average Bonchev–Trinajstić information content (AvgIpc) is 3.10. The van der Waals surface area contributed by atoms with Crippen molar-refractivity contribution < 1.29 is 23.5 Å². The maximum atomic E-state index is 14.1. The Balaban J connectivity index is 1.45. The fourth-order valence-electron chi connectivity index (χ4n) is 5.40. The van der Waals surface area contributed by atoms with Crippen LogP contribution in [0.25, 0.3) is 0 Å². The highest BCUT2D eigenvalue weighted by Gasteiger charge is 2.29. The van der Waals surface area contributed by atoms with Gasteiger partial charge in [0.15, 0.2) is 11.5 Å². The maximum absolute atomic E-state index is 14.1. The van der Waals surface area contributed by atoms with Gasteiger partial charge in [0.05, 0.1) is 21.1 Å². The highest BCUT2D eigenvalue weighted by molar-refractivity contribution is 5.76. The zero-order valence-electron chi connectivity index (χ0n) is 28.3. The Bertz CT molecular complexity index is 1630. The number of benzene rings is 5. The number of likely N-dealkylation sites (N-methyl/N-ethyl adjacent to an activating group) is 1. The van der Waals surface area contributed by atoms with Crippen LogP contribution in [0.15, 0.2) is 140 Å². The molecule has 0 saturated carbocycles. The molecule has 0 aromatic heterocycles. The van der Waals surface area contributed by atoms with Gasteiger partial charge in [-0.2, -0.15) is 0 Å². The van der Waals surface area contributed by atoms with Crippen LogP contribution in [0.3, 0.4) is 0 Å². The Morgan fingerprint density at radius 1 is 0.583 bits per heavy atom. The number of nitrogens with zero attached hydrogens (tertiary/aromatic N) is 2. The molecule has 6 nitrogen and oxygen atoms in total. The van der Waals surface area contributed by atoms with Gasteiger partial charge in [0.25, 0.3) is 0 Å². The van der Waals surface area contributed by atoms with E-state index in [0.29, 0.717) is 55.3 Å². The molecule has 5 rings (SSSR count). The van der Waals surface area contributed by atoms with Crippen LogP contribution in [-0.2, 0) is 42.3 Å². The van der Waals surface area contributed by atoms with Gasteiger partial charge in [-0.3, -0.25) is 9.69 Å². The van der Waals surface area contributed by atoms with E-state index in [-0.39, 0.29) is 5.97 Å². The largest absolute Gasteiger partial charge is 0.485 e. The number of carbonyl (C=O) groups is 1. The van der Waals surface area contributed by atoms with E-state index < -0.39 is 6.04 Å². The van der Waals surface area contributed by atoms with E-state index in [4.69, 9.17) is 14.2 Å².